The Balaban J connectivity index is 1.37. The highest BCUT2D eigenvalue weighted by atomic mass is 35.5. The number of Topliss-reactive ketones (excluding diaryl/α,β-unsaturated/α-hetero) is 2. The van der Waals surface area contributed by atoms with E-state index in [2.05, 4.69) is 9.71 Å². The van der Waals surface area contributed by atoms with Gasteiger partial charge in [-0.2, -0.15) is 0 Å². The van der Waals surface area contributed by atoms with E-state index in [-0.39, 0.29) is 43.5 Å². The topological polar surface area (TPSA) is 162 Å². The Morgan fingerprint density at radius 2 is 1.80 bits per heavy atom. The van der Waals surface area contributed by atoms with Crippen molar-refractivity contribution in [1.82, 2.24) is 14.6 Å². The molecule has 3 N–H and O–H groups in total. The Kier molecular flexibility index (Phi) is 13.6. The van der Waals surface area contributed by atoms with Gasteiger partial charge in [0.15, 0.2) is 11.4 Å². The molecule has 272 valence electrons. The Morgan fingerprint density at radius 1 is 1.06 bits per heavy atom. The molecule has 11 nitrogen and oxygen atoms in total. The van der Waals surface area contributed by atoms with Gasteiger partial charge < -0.3 is 19.8 Å². The number of halogens is 1. The molecule has 2 aromatic carbocycles. The van der Waals surface area contributed by atoms with E-state index in [1.54, 1.807) is 36.4 Å². The van der Waals surface area contributed by atoms with E-state index in [1.165, 1.54) is 11.3 Å². The molecule has 3 aromatic rings. The zero-order valence-electron chi connectivity index (χ0n) is 28.7. The highest BCUT2D eigenvalue weighted by molar-refractivity contribution is 7.88. The number of nitrogens with two attached hydrogens (primary N) is 1. The molecule has 0 bridgehead atoms. The summed E-state index contributed by atoms with van der Waals surface area (Å²) in [6.07, 6.45) is 8.98. The quantitative estimate of drug-likeness (QED) is 0.121. The number of para-hydroxylation sites is 2. The van der Waals surface area contributed by atoms with Crippen molar-refractivity contribution < 1.29 is 32.0 Å². The number of unbranched alkanes of at least 4 members (excludes halogenated alkanes) is 1. The minimum atomic E-state index is -3.73. The predicted octanol–water partition coefficient (Wildman–Crippen LogP) is 5.83. The molecule has 13 heteroatoms. The molecule has 0 radical (unpaired) electrons. The molecule has 1 aromatic heterocycles. The van der Waals surface area contributed by atoms with Crippen LogP contribution in [-0.2, 0) is 31.0 Å². The molecule has 1 amide bonds. The molecule has 1 saturated carbocycles. The average Bonchev–Trinajstić information content (AvgIpc) is 3.74. The molecule has 0 spiro atoms. The normalized spacial score (nSPS) is 19.9. The Bertz CT molecular complexity index is 1670. The number of rotatable bonds is 18. The molecule has 2 heterocycles. The number of likely N-dealkylation sites (tertiary alicyclic amines) is 1. The van der Waals surface area contributed by atoms with Crippen molar-refractivity contribution in [2.75, 3.05) is 19.3 Å². The van der Waals surface area contributed by atoms with Gasteiger partial charge in [-0.1, -0.05) is 74.4 Å². The van der Waals surface area contributed by atoms with Crippen molar-refractivity contribution in [3.63, 3.8) is 0 Å². The van der Waals surface area contributed by atoms with Crippen LogP contribution in [-0.4, -0.2) is 73.3 Å². The fourth-order valence-electron chi connectivity index (χ4n) is 7.22. The maximum absolute atomic E-state index is 14.3. The van der Waals surface area contributed by atoms with Crippen molar-refractivity contribution in [3.8, 4) is 0 Å². The number of ether oxygens (including phenoxy) is 1. The maximum atomic E-state index is 14.3. The van der Waals surface area contributed by atoms with Crippen LogP contribution in [0.25, 0.3) is 11.1 Å². The lowest BCUT2D eigenvalue weighted by Crippen LogP contribution is -2.52. The van der Waals surface area contributed by atoms with Gasteiger partial charge in [0.1, 0.15) is 11.6 Å². The number of sulfonamides is 1. The number of fused-ring (bicyclic) bond motifs is 1. The molecule has 5 rings (SSSR count). The van der Waals surface area contributed by atoms with Gasteiger partial charge in [-0.05, 0) is 68.0 Å². The van der Waals surface area contributed by atoms with E-state index >= 15 is 0 Å². The first-order chi connectivity index (χ1) is 24.0. The van der Waals surface area contributed by atoms with Crippen molar-refractivity contribution in [3.05, 3.63) is 65.0 Å². The summed E-state index contributed by atoms with van der Waals surface area (Å²) in [6, 6.07) is 12.4. The Hall–Kier alpha value is -3.16. The third-order valence-electron chi connectivity index (χ3n) is 9.89. The fourth-order valence-corrected chi connectivity index (χ4v) is 8.08. The lowest BCUT2D eigenvalue weighted by molar-refractivity contribution is -0.139. The smallest absolute Gasteiger partial charge is 0.264 e. The van der Waals surface area contributed by atoms with Gasteiger partial charge >= 0.3 is 0 Å². The van der Waals surface area contributed by atoms with Gasteiger partial charge in [-0.3, -0.25) is 14.4 Å². The van der Waals surface area contributed by atoms with Crippen LogP contribution in [0.1, 0.15) is 93.3 Å². The zero-order valence-corrected chi connectivity index (χ0v) is 30.3. The standard InChI is InChI=1S/C37H49ClN4O7S/c1-50(46,47)41-31(19-16-25-9-3-2-4-10-25)37(45)42-23-29(48-24-26-14-17-28(38)18-15-26)22-32(42)33(43)21-27(11-7-8-20-39)35(44)36-40-30-12-5-6-13-34(30)49-36/h5-6,12-15,17-18,25,27,29,31-32,41H,2-4,7-11,16,19-24,39H2,1H3/t27-,29-,31-,32+/m1/s1. The SMILES string of the molecule is CS(=O)(=O)N[C@H](CCC1CCCCC1)C(=O)N1C[C@H](OCc2ccc(Cl)cc2)C[C@H]1C(=O)C[C@@H](CCCCN)C(=O)c1nc2ccccc2o1. The summed E-state index contributed by atoms with van der Waals surface area (Å²) in [5.74, 6) is -1.47. The number of hydrogen-bond acceptors (Lipinski definition) is 9. The lowest BCUT2D eigenvalue weighted by atomic mass is 9.85. The second-order valence-corrected chi connectivity index (χ2v) is 16.0. The van der Waals surface area contributed by atoms with Crippen LogP contribution in [0.15, 0.2) is 52.9 Å². The number of benzene rings is 2. The van der Waals surface area contributed by atoms with Crippen molar-refractivity contribution in [2.45, 2.75) is 102 Å². The second kappa shape index (κ2) is 17.9. The van der Waals surface area contributed by atoms with Crippen LogP contribution in [0.2, 0.25) is 5.02 Å². The van der Waals surface area contributed by atoms with Crippen LogP contribution >= 0.6 is 11.6 Å². The molecule has 1 aliphatic carbocycles. The number of amides is 1. The average molecular weight is 729 g/mol. The Labute approximate surface area is 299 Å². The molecule has 1 saturated heterocycles. The first-order valence-corrected chi connectivity index (χ1v) is 20.0. The van der Waals surface area contributed by atoms with E-state index in [0.717, 1.165) is 37.5 Å². The molecule has 2 aliphatic rings. The lowest BCUT2D eigenvalue weighted by Gasteiger charge is -2.30. The minimum Gasteiger partial charge on any atom is -0.434 e. The minimum absolute atomic E-state index is 0.0552. The first-order valence-electron chi connectivity index (χ1n) is 17.8. The molecule has 4 atom stereocenters. The number of aromatic nitrogens is 1. The molecular weight excluding hydrogens is 680 g/mol. The number of oxazole rings is 1. The van der Waals surface area contributed by atoms with Crippen molar-refractivity contribution in [1.29, 1.82) is 0 Å². The van der Waals surface area contributed by atoms with Crippen LogP contribution < -0.4 is 10.5 Å². The monoisotopic (exact) mass is 728 g/mol. The summed E-state index contributed by atoms with van der Waals surface area (Å²) in [7, 11) is -3.73. The van der Waals surface area contributed by atoms with E-state index < -0.39 is 40.0 Å². The number of nitrogens with one attached hydrogen (secondary N) is 1. The summed E-state index contributed by atoms with van der Waals surface area (Å²) in [5, 5.41) is 0.600. The van der Waals surface area contributed by atoms with E-state index in [4.69, 9.17) is 26.5 Å². The third kappa shape index (κ3) is 10.7. The zero-order chi connectivity index (χ0) is 35.7. The first kappa shape index (κ1) is 38.1. The number of carbonyl (C=O) groups excluding carboxylic acids is 3. The summed E-state index contributed by atoms with van der Waals surface area (Å²) >= 11 is 6.05. The van der Waals surface area contributed by atoms with E-state index in [9.17, 15) is 22.8 Å². The number of ketones is 2. The van der Waals surface area contributed by atoms with Crippen molar-refractivity contribution in [2.24, 2.45) is 17.6 Å². The highest BCUT2D eigenvalue weighted by Crippen LogP contribution is 2.31. The summed E-state index contributed by atoms with van der Waals surface area (Å²) in [4.78, 5) is 48.2. The van der Waals surface area contributed by atoms with Crippen LogP contribution in [0.4, 0.5) is 0 Å². The summed E-state index contributed by atoms with van der Waals surface area (Å²) in [6.45, 7) is 0.811. The van der Waals surface area contributed by atoms with Gasteiger partial charge in [0.25, 0.3) is 5.89 Å². The molecule has 50 heavy (non-hydrogen) atoms. The fraction of sp³-hybridized carbons (Fsp3) is 0.568. The molecule has 0 unspecified atom stereocenters. The summed E-state index contributed by atoms with van der Waals surface area (Å²) in [5.41, 5.74) is 7.66. The predicted molar refractivity (Wildman–Crippen MR) is 192 cm³/mol. The Morgan fingerprint density at radius 3 is 2.50 bits per heavy atom. The molecule has 1 aliphatic heterocycles. The van der Waals surface area contributed by atoms with Crippen LogP contribution in [0.3, 0.4) is 0 Å². The van der Waals surface area contributed by atoms with Crippen LogP contribution in [0, 0.1) is 11.8 Å². The largest absolute Gasteiger partial charge is 0.434 e. The van der Waals surface area contributed by atoms with Gasteiger partial charge in [-0.25, -0.2) is 18.1 Å². The van der Waals surface area contributed by atoms with E-state index in [0.29, 0.717) is 60.7 Å². The van der Waals surface area contributed by atoms with Gasteiger partial charge in [0.2, 0.25) is 21.7 Å². The number of carbonyl (C=O) groups is 3. The van der Waals surface area contributed by atoms with Crippen LogP contribution in [0.5, 0.6) is 0 Å². The molecule has 2 fully saturated rings. The number of hydrogen-bond donors (Lipinski definition) is 2. The van der Waals surface area contributed by atoms with Gasteiger partial charge in [0.05, 0.1) is 25.0 Å². The third-order valence-corrected chi connectivity index (χ3v) is 10.9. The summed E-state index contributed by atoms with van der Waals surface area (Å²) < 4.78 is 39.5. The number of nitrogens with zero attached hydrogens (tertiary/aromatic N) is 2. The van der Waals surface area contributed by atoms with Crippen molar-refractivity contribution >= 4 is 50.2 Å². The highest BCUT2D eigenvalue weighted by Gasteiger charge is 2.43. The molecular formula is C37H49ClN4O7S. The van der Waals surface area contributed by atoms with E-state index in [1.807, 2.05) is 12.1 Å². The maximum Gasteiger partial charge on any atom is 0.264 e. The van der Waals surface area contributed by atoms with Gasteiger partial charge in [0, 0.05) is 30.3 Å². The second-order valence-electron chi connectivity index (χ2n) is 13.8. The van der Waals surface area contributed by atoms with Gasteiger partial charge in [-0.15, -0.1) is 0 Å².